The Balaban J connectivity index is 2.23. The van der Waals surface area contributed by atoms with E-state index in [9.17, 15) is 20.1 Å². The number of carbonyl (C=O) groups excluding carboxylic acids is 1. The van der Waals surface area contributed by atoms with E-state index in [-0.39, 0.29) is 45.2 Å². The van der Waals surface area contributed by atoms with E-state index in [1.165, 1.54) is 32.4 Å². The highest BCUT2D eigenvalue weighted by Gasteiger charge is 2.26. The van der Waals surface area contributed by atoms with Gasteiger partial charge in [0, 0.05) is 10.9 Å². The van der Waals surface area contributed by atoms with Gasteiger partial charge in [-0.05, 0) is 24.3 Å². The van der Waals surface area contributed by atoms with E-state index in [0.29, 0.717) is 0 Å². The van der Waals surface area contributed by atoms with E-state index in [1.807, 2.05) is 0 Å². The topological polar surface area (TPSA) is 147 Å². The van der Waals surface area contributed by atoms with Crippen LogP contribution >= 0.6 is 0 Å². The summed E-state index contributed by atoms with van der Waals surface area (Å²) in [6.07, 6.45) is 0. The van der Waals surface area contributed by atoms with Crippen molar-refractivity contribution in [2.75, 3.05) is 19.6 Å². The fourth-order valence-electron chi connectivity index (χ4n) is 2.64. The van der Waals surface area contributed by atoms with Gasteiger partial charge in [0.1, 0.15) is 0 Å². The van der Waals surface area contributed by atoms with Crippen LogP contribution in [0.5, 0.6) is 28.7 Å². The largest absolute Gasteiger partial charge is 0.504 e. The number of hydrogen-bond donors (Lipinski definition) is 5. The summed E-state index contributed by atoms with van der Waals surface area (Å²) >= 11 is 0. The second-order valence-corrected chi connectivity index (χ2v) is 5.32. The maximum atomic E-state index is 13.0. The van der Waals surface area contributed by atoms with Crippen molar-refractivity contribution in [3.63, 3.8) is 0 Å². The number of carbonyl (C=O) groups is 1. The normalized spacial score (nSPS) is 10.7. The van der Waals surface area contributed by atoms with Crippen molar-refractivity contribution >= 4 is 22.6 Å². The fourth-order valence-corrected chi connectivity index (χ4v) is 2.64. The van der Waals surface area contributed by atoms with Gasteiger partial charge in [-0.15, -0.1) is 0 Å². The maximum absolute atomic E-state index is 13.0. The summed E-state index contributed by atoms with van der Waals surface area (Å²) in [6, 6.07) is 5.35. The average Bonchev–Trinajstić information content (AvgIpc) is 3.03. The zero-order valence-corrected chi connectivity index (χ0v) is 13.9. The van der Waals surface area contributed by atoms with Crippen LogP contribution in [0.2, 0.25) is 0 Å². The Morgan fingerprint density at radius 2 is 1.77 bits per heavy atom. The number of hydrazine groups is 1. The molecule has 0 bridgehead atoms. The van der Waals surface area contributed by atoms with E-state index in [4.69, 9.17) is 19.7 Å². The highest BCUT2D eigenvalue weighted by molar-refractivity contribution is 6.20. The van der Waals surface area contributed by atoms with Crippen molar-refractivity contribution in [2.24, 2.45) is 5.84 Å². The van der Waals surface area contributed by atoms with E-state index in [0.717, 1.165) is 6.07 Å². The standard InChI is InChI=1S/C17H16N2O7/c1-24-10-4-3-8-12(17(19-18)26-16(8)15(10)23)13(21)7-5-9(20)14(22)11(6-7)25-2/h3-6,19-20,22-23H,18H2,1-2H3. The van der Waals surface area contributed by atoms with Crippen LogP contribution in [0.1, 0.15) is 15.9 Å². The molecule has 0 radical (unpaired) electrons. The van der Waals surface area contributed by atoms with Crippen molar-refractivity contribution in [1.29, 1.82) is 0 Å². The SMILES string of the molecule is COc1cc(C(=O)c2c(NN)oc3c(O)c(OC)ccc23)cc(O)c1O. The molecule has 0 aliphatic rings. The van der Waals surface area contributed by atoms with Gasteiger partial charge in [0.25, 0.3) is 0 Å². The van der Waals surface area contributed by atoms with Gasteiger partial charge >= 0.3 is 0 Å². The van der Waals surface area contributed by atoms with Crippen LogP contribution in [0.4, 0.5) is 5.88 Å². The third-order valence-electron chi connectivity index (χ3n) is 3.91. The highest BCUT2D eigenvalue weighted by atomic mass is 16.5. The molecule has 0 saturated carbocycles. The predicted molar refractivity (Wildman–Crippen MR) is 92.0 cm³/mol. The van der Waals surface area contributed by atoms with E-state index in [1.54, 1.807) is 0 Å². The summed E-state index contributed by atoms with van der Waals surface area (Å²) in [4.78, 5) is 13.0. The minimum atomic E-state index is -0.574. The van der Waals surface area contributed by atoms with Gasteiger partial charge in [-0.3, -0.25) is 10.2 Å². The van der Waals surface area contributed by atoms with Crippen LogP contribution in [0.15, 0.2) is 28.7 Å². The third-order valence-corrected chi connectivity index (χ3v) is 3.91. The molecule has 9 heteroatoms. The number of hydrogen-bond acceptors (Lipinski definition) is 9. The number of nitrogen functional groups attached to an aromatic ring is 1. The van der Waals surface area contributed by atoms with Crippen molar-refractivity contribution in [2.45, 2.75) is 0 Å². The summed E-state index contributed by atoms with van der Waals surface area (Å²) in [5.74, 6) is 3.58. The first-order valence-electron chi connectivity index (χ1n) is 7.36. The third kappa shape index (κ3) is 2.50. The number of methoxy groups -OCH3 is 2. The van der Waals surface area contributed by atoms with E-state index < -0.39 is 17.3 Å². The van der Waals surface area contributed by atoms with Crippen LogP contribution in [0.3, 0.4) is 0 Å². The average molecular weight is 360 g/mol. The summed E-state index contributed by atoms with van der Waals surface area (Å²) < 4.78 is 15.4. The Morgan fingerprint density at radius 1 is 1.08 bits per heavy atom. The van der Waals surface area contributed by atoms with Gasteiger partial charge in [0.05, 0.1) is 19.8 Å². The Hall–Kier alpha value is -3.59. The lowest BCUT2D eigenvalue weighted by molar-refractivity contribution is 0.103. The highest BCUT2D eigenvalue weighted by Crippen LogP contribution is 2.42. The molecule has 1 heterocycles. The molecule has 1 aromatic heterocycles. The van der Waals surface area contributed by atoms with E-state index in [2.05, 4.69) is 5.43 Å². The van der Waals surface area contributed by atoms with Gasteiger partial charge in [0.2, 0.25) is 17.4 Å². The molecule has 0 unspecified atom stereocenters. The Morgan fingerprint density at radius 3 is 2.38 bits per heavy atom. The first-order valence-corrected chi connectivity index (χ1v) is 7.36. The van der Waals surface area contributed by atoms with Crippen LogP contribution < -0.4 is 20.7 Å². The summed E-state index contributed by atoms with van der Waals surface area (Å²) in [6.45, 7) is 0. The van der Waals surface area contributed by atoms with Gasteiger partial charge in [-0.1, -0.05) is 0 Å². The molecule has 136 valence electrons. The number of phenolic OH excluding ortho intramolecular Hbond substituents is 3. The molecule has 0 saturated heterocycles. The molecule has 26 heavy (non-hydrogen) atoms. The Bertz CT molecular complexity index is 1010. The number of fused-ring (bicyclic) bond motifs is 1. The van der Waals surface area contributed by atoms with Gasteiger partial charge in [-0.2, -0.15) is 0 Å². The Kier molecular flexibility index (Phi) is 4.23. The number of anilines is 1. The number of ketones is 1. The van der Waals surface area contributed by atoms with Crippen molar-refractivity contribution < 1.29 is 34.0 Å². The molecule has 2 aromatic carbocycles. The lowest BCUT2D eigenvalue weighted by atomic mass is 10.0. The van der Waals surface area contributed by atoms with Crippen LogP contribution in [0, 0.1) is 0 Å². The summed E-state index contributed by atoms with van der Waals surface area (Å²) in [5, 5.41) is 30.0. The number of furan rings is 1. The first kappa shape index (κ1) is 17.2. The number of nitrogens with one attached hydrogen (secondary N) is 1. The molecule has 0 fully saturated rings. The molecule has 3 rings (SSSR count). The lowest BCUT2D eigenvalue weighted by Gasteiger charge is -2.08. The van der Waals surface area contributed by atoms with Crippen LogP contribution in [-0.4, -0.2) is 35.3 Å². The minimum Gasteiger partial charge on any atom is -0.504 e. The van der Waals surface area contributed by atoms with Crippen molar-refractivity contribution in [3.8, 4) is 28.7 Å². The molecule has 0 spiro atoms. The number of aromatic hydroxyl groups is 3. The van der Waals surface area contributed by atoms with Crippen LogP contribution in [0.25, 0.3) is 11.0 Å². The van der Waals surface area contributed by atoms with Gasteiger partial charge in [-0.25, -0.2) is 5.84 Å². The number of phenols is 3. The van der Waals surface area contributed by atoms with Crippen molar-refractivity contribution in [3.05, 3.63) is 35.4 Å². The summed E-state index contributed by atoms with van der Waals surface area (Å²) in [5.41, 5.74) is 2.34. The monoisotopic (exact) mass is 360 g/mol. The molecule has 0 atom stereocenters. The molecular weight excluding hydrogens is 344 g/mol. The number of nitrogens with two attached hydrogens (primary N) is 1. The summed E-state index contributed by atoms with van der Waals surface area (Å²) in [7, 11) is 2.66. The molecule has 6 N–H and O–H groups in total. The number of ether oxygens (including phenoxy) is 2. The smallest absolute Gasteiger partial charge is 0.219 e. The molecular formula is C17H16N2O7. The molecule has 0 aliphatic carbocycles. The molecule has 9 nitrogen and oxygen atoms in total. The quantitative estimate of drug-likeness (QED) is 0.200. The lowest BCUT2D eigenvalue weighted by Crippen LogP contribution is -2.11. The van der Waals surface area contributed by atoms with Crippen LogP contribution in [-0.2, 0) is 0 Å². The predicted octanol–water partition coefficient (Wildman–Crippen LogP) is 2.08. The molecule has 0 amide bonds. The van der Waals surface area contributed by atoms with Gasteiger partial charge in [0.15, 0.2) is 28.6 Å². The number of benzene rings is 2. The second-order valence-electron chi connectivity index (χ2n) is 5.32. The molecule has 0 aliphatic heterocycles. The number of rotatable bonds is 5. The van der Waals surface area contributed by atoms with E-state index >= 15 is 0 Å². The molecule has 3 aromatic rings. The Labute approximate surface area is 147 Å². The zero-order chi connectivity index (χ0) is 19.0. The minimum absolute atomic E-state index is 0.00983. The fraction of sp³-hybridized carbons (Fsp3) is 0.118. The second kappa shape index (κ2) is 6.37. The maximum Gasteiger partial charge on any atom is 0.219 e. The van der Waals surface area contributed by atoms with Crippen molar-refractivity contribution in [1.82, 2.24) is 0 Å². The van der Waals surface area contributed by atoms with Gasteiger partial charge < -0.3 is 29.2 Å². The zero-order valence-electron chi connectivity index (χ0n) is 13.9. The first-order chi connectivity index (χ1) is 12.4.